The SMILES string of the molecule is COC[C@H](C)NC(=O)Nc1ccc(C)c(F)c1. The van der Waals surface area contributed by atoms with Crippen LogP contribution in [0.2, 0.25) is 0 Å². The number of nitrogens with one attached hydrogen (secondary N) is 2. The lowest BCUT2D eigenvalue weighted by molar-refractivity contribution is 0.173. The third-order valence-electron chi connectivity index (χ3n) is 2.22. The summed E-state index contributed by atoms with van der Waals surface area (Å²) in [7, 11) is 1.56. The summed E-state index contributed by atoms with van der Waals surface area (Å²) in [6, 6.07) is 4.08. The van der Waals surface area contributed by atoms with Gasteiger partial charge in [0.05, 0.1) is 12.6 Å². The molecule has 0 heterocycles. The van der Waals surface area contributed by atoms with Gasteiger partial charge in [0.25, 0.3) is 0 Å². The molecular weight excluding hydrogens is 223 g/mol. The number of aryl methyl sites for hydroxylation is 1. The third kappa shape index (κ3) is 4.40. The molecule has 0 saturated carbocycles. The van der Waals surface area contributed by atoms with Gasteiger partial charge >= 0.3 is 6.03 Å². The van der Waals surface area contributed by atoms with E-state index in [1.165, 1.54) is 6.07 Å². The molecule has 94 valence electrons. The van der Waals surface area contributed by atoms with Crippen molar-refractivity contribution < 1.29 is 13.9 Å². The highest BCUT2D eigenvalue weighted by Crippen LogP contribution is 2.13. The molecule has 0 spiro atoms. The van der Waals surface area contributed by atoms with Crippen molar-refractivity contribution in [1.82, 2.24) is 5.32 Å². The van der Waals surface area contributed by atoms with E-state index in [4.69, 9.17) is 4.74 Å². The molecule has 0 aliphatic rings. The zero-order valence-electron chi connectivity index (χ0n) is 10.2. The molecule has 0 aromatic heterocycles. The number of amides is 2. The lowest BCUT2D eigenvalue weighted by Crippen LogP contribution is -2.38. The number of anilines is 1. The molecule has 2 N–H and O–H groups in total. The molecule has 1 rings (SSSR count). The molecule has 0 fully saturated rings. The summed E-state index contributed by atoms with van der Waals surface area (Å²) < 4.78 is 18.1. The Labute approximate surface area is 100 Å². The first-order valence-electron chi connectivity index (χ1n) is 5.35. The van der Waals surface area contributed by atoms with Crippen molar-refractivity contribution in [2.75, 3.05) is 19.0 Å². The molecule has 0 aliphatic carbocycles. The molecule has 17 heavy (non-hydrogen) atoms. The zero-order chi connectivity index (χ0) is 12.8. The Morgan fingerprint density at radius 2 is 2.24 bits per heavy atom. The Bertz CT molecular complexity index is 396. The van der Waals surface area contributed by atoms with Crippen molar-refractivity contribution in [1.29, 1.82) is 0 Å². The number of rotatable bonds is 4. The van der Waals surface area contributed by atoms with Gasteiger partial charge in [0.15, 0.2) is 0 Å². The fourth-order valence-electron chi connectivity index (χ4n) is 1.35. The summed E-state index contributed by atoms with van der Waals surface area (Å²) in [6.45, 7) is 3.91. The zero-order valence-corrected chi connectivity index (χ0v) is 10.2. The van der Waals surface area contributed by atoms with E-state index < -0.39 is 0 Å². The molecule has 0 aliphatic heterocycles. The minimum absolute atomic E-state index is 0.102. The molecule has 1 aromatic carbocycles. The number of hydrogen-bond acceptors (Lipinski definition) is 2. The maximum Gasteiger partial charge on any atom is 0.319 e. The molecule has 5 heteroatoms. The van der Waals surface area contributed by atoms with Crippen LogP contribution in [0.3, 0.4) is 0 Å². The van der Waals surface area contributed by atoms with E-state index in [2.05, 4.69) is 10.6 Å². The molecule has 0 bridgehead atoms. The summed E-state index contributed by atoms with van der Waals surface area (Å²) in [4.78, 5) is 11.5. The van der Waals surface area contributed by atoms with E-state index in [0.717, 1.165) is 0 Å². The number of benzene rings is 1. The van der Waals surface area contributed by atoms with Crippen molar-refractivity contribution in [3.05, 3.63) is 29.6 Å². The number of carbonyl (C=O) groups excluding carboxylic acids is 1. The van der Waals surface area contributed by atoms with Crippen molar-refractivity contribution in [2.45, 2.75) is 19.9 Å². The minimum Gasteiger partial charge on any atom is -0.383 e. The van der Waals surface area contributed by atoms with Crippen molar-refractivity contribution >= 4 is 11.7 Å². The predicted octanol–water partition coefficient (Wildman–Crippen LogP) is 2.29. The number of ether oxygens (including phenoxy) is 1. The number of halogens is 1. The normalized spacial score (nSPS) is 12.0. The quantitative estimate of drug-likeness (QED) is 0.848. The van der Waals surface area contributed by atoms with E-state index in [0.29, 0.717) is 17.9 Å². The Kier molecular flexibility index (Phi) is 4.90. The Hall–Kier alpha value is -1.62. The molecule has 0 saturated heterocycles. The van der Waals surface area contributed by atoms with E-state index in [-0.39, 0.29) is 17.9 Å². The van der Waals surface area contributed by atoms with Gasteiger partial charge in [0.2, 0.25) is 0 Å². The maximum absolute atomic E-state index is 13.2. The van der Waals surface area contributed by atoms with Crippen LogP contribution in [0.4, 0.5) is 14.9 Å². The summed E-state index contributed by atoms with van der Waals surface area (Å²) in [5, 5.41) is 5.22. The van der Waals surface area contributed by atoms with Crippen LogP contribution in [-0.2, 0) is 4.74 Å². The standard InChI is InChI=1S/C12H17FN2O2/c1-8-4-5-10(6-11(8)13)15-12(16)14-9(2)7-17-3/h4-6,9H,7H2,1-3H3,(H2,14,15,16)/t9-/m0/s1. The first-order chi connectivity index (χ1) is 8.02. The lowest BCUT2D eigenvalue weighted by atomic mass is 10.2. The summed E-state index contributed by atoms with van der Waals surface area (Å²) in [5.74, 6) is -0.340. The second-order valence-corrected chi connectivity index (χ2v) is 3.92. The van der Waals surface area contributed by atoms with E-state index in [1.54, 1.807) is 26.2 Å². The molecule has 1 aromatic rings. The number of urea groups is 1. The van der Waals surface area contributed by atoms with Crippen molar-refractivity contribution in [3.8, 4) is 0 Å². The van der Waals surface area contributed by atoms with Gasteiger partial charge in [-0.3, -0.25) is 0 Å². The second-order valence-electron chi connectivity index (χ2n) is 3.92. The first kappa shape index (κ1) is 13.4. The average molecular weight is 240 g/mol. The van der Waals surface area contributed by atoms with Crippen LogP contribution in [0.5, 0.6) is 0 Å². The van der Waals surface area contributed by atoms with Crippen LogP contribution in [0.15, 0.2) is 18.2 Å². The van der Waals surface area contributed by atoms with Gasteiger partial charge < -0.3 is 15.4 Å². The van der Waals surface area contributed by atoms with Crippen LogP contribution >= 0.6 is 0 Å². The van der Waals surface area contributed by atoms with E-state index >= 15 is 0 Å². The van der Waals surface area contributed by atoms with E-state index in [9.17, 15) is 9.18 Å². The molecular formula is C12H17FN2O2. The molecule has 0 radical (unpaired) electrons. The topological polar surface area (TPSA) is 50.4 Å². The van der Waals surface area contributed by atoms with Gasteiger partial charge in [-0.05, 0) is 31.5 Å². The molecule has 4 nitrogen and oxygen atoms in total. The van der Waals surface area contributed by atoms with Crippen LogP contribution < -0.4 is 10.6 Å². The summed E-state index contributed by atoms with van der Waals surface area (Å²) in [5.41, 5.74) is 0.971. The van der Waals surface area contributed by atoms with Crippen molar-refractivity contribution in [3.63, 3.8) is 0 Å². The summed E-state index contributed by atoms with van der Waals surface area (Å²) >= 11 is 0. The van der Waals surface area contributed by atoms with Gasteiger partial charge in [-0.15, -0.1) is 0 Å². The largest absolute Gasteiger partial charge is 0.383 e. The highest BCUT2D eigenvalue weighted by Gasteiger charge is 2.07. The summed E-state index contributed by atoms with van der Waals surface area (Å²) in [6.07, 6.45) is 0. The first-order valence-corrected chi connectivity index (χ1v) is 5.35. The molecule has 2 amide bonds. The van der Waals surface area contributed by atoms with Gasteiger partial charge in [0.1, 0.15) is 5.82 Å². The second kappa shape index (κ2) is 6.20. The highest BCUT2D eigenvalue weighted by atomic mass is 19.1. The van der Waals surface area contributed by atoms with Crippen LogP contribution in [0.1, 0.15) is 12.5 Å². The van der Waals surface area contributed by atoms with Crippen molar-refractivity contribution in [2.24, 2.45) is 0 Å². The van der Waals surface area contributed by atoms with Gasteiger partial charge in [0, 0.05) is 12.8 Å². The number of methoxy groups -OCH3 is 1. The van der Waals surface area contributed by atoms with Crippen LogP contribution in [0, 0.1) is 12.7 Å². The van der Waals surface area contributed by atoms with Gasteiger partial charge in [-0.1, -0.05) is 6.07 Å². The average Bonchev–Trinajstić information content (AvgIpc) is 2.23. The van der Waals surface area contributed by atoms with Gasteiger partial charge in [-0.25, -0.2) is 9.18 Å². The maximum atomic E-state index is 13.2. The Balaban J connectivity index is 2.53. The van der Waals surface area contributed by atoms with Crippen LogP contribution in [-0.4, -0.2) is 25.8 Å². The third-order valence-corrected chi connectivity index (χ3v) is 2.22. The van der Waals surface area contributed by atoms with Crippen LogP contribution in [0.25, 0.3) is 0 Å². The Morgan fingerprint density at radius 1 is 1.53 bits per heavy atom. The Morgan fingerprint density at radius 3 is 2.82 bits per heavy atom. The molecule has 0 unspecified atom stereocenters. The smallest absolute Gasteiger partial charge is 0.319 e. The van der Waals surface area contributed by atoms with Gasteiger partial charge in [-0.2, -0.15) is 0 Å². The van der Waals surface area contributed by atoms with E-state index in [1.807, 2.05) is 6.92 Å². The fraction of sp³-hybridized carbons (Fsp3) is 0.417. The predicted molar refractivity (Wildman–Crippen MR) is 64.6 cm³/mol. The number of hydrogen-bond donors (Lipinski definition) is 2. The lowest BCUT2D eigenvalue weighted by Gasteiger charge is -2.13. The molecule has 1 atom stereocenters. The highest BCUT2D eigenvalue weighted by molar-refractivity contribution is 5.89. The number of carbonyl (C=O) groups is 1. The fourth-order valence-corrected chi connectivity index (χ4v) is 1.35. The minimum atomic E-state index is -0.377. The monoisotopic (exact) mass is 240 g/mol.